The highest BCUT2D eigenvalue weighted by Gasteiger charge is 2.22. The molecule has 2 heterocycles. The molecular weight excluding hydrogens is 431 g/mol. The molecule has 0 spiro atoms. The monoisotopic (exact) mass is 456 g/mol. The predicted molar refractivity (Wildman–Crippen MR) is 125 cm³/mol. The number of piperidine rings is 1. The van der Waals surface area contributed by atoms with Gasteiger partial charge in [0.1, 0.15) is 24.1 Å². The van der Waals surface area contributed by atoms with Gasteiger partial charge in [0.15, 0.2) is 11.5 Å². The molecule has 4 rings (SSSR count). The minimum Gasteiger partial charge on any atom is -0.490 e. The number of nitrogens with zero attached hydrogens (tertiary/aromatic N) is 3. The molecule has 6 nitrogen and oxygen atoms in total. The zero-order chi connectivity index (χ0) is 22.7. The van der Waals surface area contributed by atoms with Crippen LogP contribution in [-0.2, 0) is 0 Å². The number of anilines is 2. The summed E-state index contributed by atoms with van der Waals surface area (Å²) in [5.41, 5.74) is 2.42. The first-order valence-electron chi connectivity index (χ1n) is 10.7. The van der Waals surface area contributed by atoms with Crippen LogP contribution in [0.4, 0.5) is 15.9 Å². The van der Waals surface area contributed by atoms with E-state index in [9.17, 15) is 4.39 Å². The lowest BCUT2D eigenvalue weighted by atomic mass is 10.1. The molecule has 0 aliphatic carbocycles. The lowest BCUT2D eigenvalue weighted by Gasteiger charge is -2.34. The number of aromatic nitrogens is 2. The number of hydrogen-bond donors (Lipinski definition) is 1. The topological polar surface area (TPSA) is 59.5 Å². The summed E-state index contributed by atoms with van der Waals surface area (Å²) in [6.07, 6.45) is 3.36. The second-order valence-electron chi connectivity index (χ2n) is 7.76. The number of likely N-dealkylation sites (tertiary alicyclic amines) is 1. The van der Waals surface area contributed by atoms with Crippen molar-refractivity contribution in [1.29, 1.82) is 0 Å². The molecule has 0 bridgehead atoms. The standard InChI is InChI=1S/C24H26ClFN4O2/c1-4-31-22-13-21-18(12-23(22)32-17-7-9-30(10-8-17)15(2)3)24(28-14-27-21)29-16-5-6-20(26)19(25)11-16/h5-6,11-14,17H,2,4,7-10H2,1,3H3,(H,27,28,29). The smallest absolute Gasteiger partial charge is 0.163 e. The molecule has 3 aromatic rings. The number of hydrogen-bond acceptors (Lipinski definition) is 6. The summed E-state index contributed by atoms with van der Waals surface area (Å²) in [6.45, 7) is 10.3. The number of halogens is 2. The molecule has 1 fully saturated rings. The van der Waals surface area contributed by atoms with Gasteiger partial charge in [-0.05, 0) is 38.1 Å². The molecule has 0 atom stereocenters. The van der Waals surface area contributed by atoms with Crippen molar-refractivity contribution >= 4 is 34.0 Å². The summed E-state index contributed by atoms with van der Waals surface area (Å²) in [6, 6.07) is 8.20. The Labute approximate surface area is 192 Å². The molecular formula is C24H26ClFN4O2. The van der Waals surface area contributed by atoms with Crippen LogP contribution in [0.2, 0.25) is 5.02 Å². The average Bonchev–Trinajstić information content (AvgIpc) is 2.78. The van der Waals surface area contributed by atoms with Crippen LogP contribution in [0.25, 0.3) is 10.9 Å². The van der Waals surface area contributed by atoms with Crippen LogP contribution in [0.5, 0.6) is 11.5 Å². The fourth-order valence-corrected chi connectivity index (χ4v) is 3.95. The van der Waals surface area contributed by atoms with E-state index in [2.05, 4.69) is 26.8 Å². The average molecular weight is 457 g/mol. The number of rotatable bonds is 7. The van der Waals surface area contributed by atoms with Crippen molar-refractivity contribution in [3.05, 3.63) is 59.8 Å². The van der Waals surface area contributed by atoms with Crippen molar-refractivity contribution in [2.45, 2.75) is 32.8 Å². The largest absolute Gasteiger partial charge is 0.490 e. The third-order valence-corrected chi connectivity index (χ3v) is 5.75. The molecule has 1 saturated heterocycles. The lowest BCUT2D eigenvalue weighted by molar-refractivity contribution is 0.113. The van der Waals surface area contributed by atoms with Crippen LogP contribution in [0.15, 0.2) is 48.9 Å². The van der Waals surface area contributed by atoms with Crippen LogP contribution in [-0.4, -0.2) is 40.7 Å². The van der Waals surface area contributed by atoms with Crippen LogP contribution < -0.4 is 14.8 Å². The lowest BCUT2D eigenvalue weighted by Crippen LogP contribution is -2.36. The van der Waals surface area contributed by atoms with Gasteiger partial charge in [0.05, 0.1) is 17.1 Å². The van der Waals surface area contributed by atoms with E-state index in [0.717, 1.165) is 37.0 Å². The zero-order valence-electron chi connectivity index (χ0n) is 18.2. The molecule has 1 aliphatic heterocycles. The molecule has 0 unspecified atom stereocenters. The van der Waals surface area contributed by atoms with Gasteiger partial charge in [0.2, 0.25) is 0 Å². The van der Waals surface area contributed by atoms with Crippen molar-refractivity contribution in [1.82, 2.24) is 14.9 Å². The second-order valence-corrected chi connectivity index (χ2v) is 8.17. The van der Waals surface area contributed by atoms with E-state index in [1.165, 1.54) is 18.5 Å². The molecule has 168 valence electrons. The van der Waals surface area contributed by atoms with E-state index in [1.54, 1.807) is 6.07 Å². The molecule has 0 amide bonds. The Bertz CT molecular complexity index is 1130. The Kier molecular flexibility index (Phi) is 6.65. The third kappa shape index (κ3) is 4.88. The van der Waals surface area contributed by atoms with Gasteiger partial charge in [0, 0.05) is 48.8 Å². The highest BCUT2D eigenvalue weighted by atomic mass is 35.5. The maximum Gasteiger partial charge on any atom is 0.163 e. The van der Waals surface area contributed by atoms with Crippen molar-refractivity contribution in [2.24, 2.45) is 0 Å². The number of nitrogens with one attached hydrogen (secondary N) is 1. The molecule has 0 radical (unpaired) electrons. The summed E-state index contributed by atoms with van der Waals surface area (Å²) in [7, 11) is 0. The Morgan fingerprint density at radius 3 is 2.69 bits per heavy atom. The first kappa shape index (κ1) is 22.1. The maximum atomic E-state index is 13.5. The van der Waals surface area contributed by atoms with Crippen LogP contribution in [0, 0.1) is 5.82 Å². The van der Waals surface area contributed by atoms with Crippen molar-refractivity contribution in [3.63, 3.8) is 0 Å². The minimum atomic E-state index is -0.473. The van der Waals surface area contributed by atoms with E-state index in [1.807, 2.05) is 26.0 Å². The predicted octanol–water partition coefficient (Wildman–Crippen LogP) is 5.94. The van der Waals surface area contributed by atoms with Crippen LogP contribution in [0.1, 0.15) is 26.7 Å². The molecule has 2 aromatic carbocycles. The van der Waals surface area contributed by atoms with Crippen LogP contribution in [0.3, 0.4) is 0 Å². The van der Waals surface area contributed by atoms with Gasteiger partial charge < -0.3 is 19.7 Å². The van der Waals surface area contributed by atoms with E-state index < -0.39 is 5.82 Å². The minimum absolute atomic E-state index is 0.0390. The summed E-state index contributed by atoms with van der Waals surface area (Å²) in [5, 5.41) is 4.01. The Hall–Kier alpha value is -3.06. The fourth-order valence-electron chi connectivity index (χ4n) is 3.77. The summed E-state index contributed by atoms with van der Waals surface area (Å²) in [5.74, 6) is 1.40. The number of ether oxygens (including phenoxy) is 2. The first-order valence-corrected chi connectivity index (χ1v) is 11.0. The van der Waals surface area contributed by atoms with Gasteiger partial charge in [-0.3, -0.25) is 0 Å². The van der Waals surface area contributed by atoms with E-state index in [-0.39, 0.29) is 11.1 Å². The highest BCUT2D eigenvalue weighted by molar-refractivity contribution is 6.31. The zero-order valence-corrected chi connectivity index (χ0v) is 19.0. The van der Waals surface area contributed by atoms with Gasteiger partial charge in [0.25, 0.3) is 0 Å². The third-order valence-electron chi connectivity index (χ3n) is 5.46. The number of allylic oxidation sites excluding steroid dienone is 1. The van der Waals surface area contributed by atoms with E-state index in [4.69, 9.17) is 21.1 Å². The molecule has 1 aliphatic rings. The van der Waals surface area contributed by atoms with Crippen molar-refractivity contribution < 1.29 is 13.9 Å². The van der Waals surface area contributed by atoms with E-state index >= 15 is 0 Å². The number of fused-ring (bicyclic) bond motifs is 1. The van der Waals surface area contributed by atoms with Gasteiger partial charge in [-0.15, -0.1) is 0 Å². The van der Waals surface area contributed by atoms with Gasteiger partial charge in [-0.2, -0.15) is 0 Å². The molecule has 1 N–H and O–H groups in total. The summed E-state index contributed by atoms with van der Waals surface area (Å²) in [4.78, 5) is 11.0. The highest BCUT2D eigenvalue weighted by Crippen LogP contribution is 2.37. The van der Waals surface area contributed by atoms with Gasteiger partial charge in [-0.25, -0.2) is 14.4 Å². The SMILES string of the molecule is C=C(C)N1CCC(Oc2cc3c(Nc4ccc(F)c(Cl)c4)ncnc3cc2OCC)CC1. The molecule has 8 heteroatoms. The molecule has 1 aromatic heterocycles. The second kappa shape index (κ2) is 9.61. The Balaban J connectivity index is 1.64. The summed E-state index contributed by atoms with van der Waals surface area (Å²) < 4.78 is 25.8. The van der Waals surface area contributed by atoms with Gasteiger partial charge >= 0.3 is 0 Å². The quantitative estimate of drug-likeness (QED) is 0.474. The van der Waals surface area contributed by atoms with Crippen molar-refractivity contribution in [3.8, 4) is 11.5 Å². The van der Waals surface area contributed by atoms with Gasteiger partial charge in [-0.1, -0.05) is 18.2 Å². The molecule has 0 saturated carbocycles. The van der Waals surface area contributed by atoms with Crippen molar-refractivity contribution in [2.75, 3.05) is 25.0 Å². The first-order chi connectivity index (χ1) is 15.4. The normalized spacial score (nSPS) is 14.4. The summed E-state index contributed by atoms with van der Waals surface area (Å²) >= 11 is 5.92. The Morgan fingerprint density at radius 1 is 1.22 bits per heavy atom. The van der Waals surface area contributed by atoms with E-state index in [0.29, 0.717) is 35.1 Å². The maximum absolute atomic E-state index is 13.5. The fraction of sp³-hybridized carbons (Fsp3) is 0.333. The van der Waals surface area contributed by atoms with Crippen LogP contribution >= 0.6 is 11.6 Å². The molecule has 32 heavy (non-hydrogen) atoms. The number of benzene rings is 2. The Morgan fingerprint density at radius 2 is 2.00 bits per heavy atom.